The van der Waals surface area contributed by atoms with Crippen LogP contribution in [0.4, 0.5) is 13.2 Å². The number of alkyl halides is 3. The molecule has 0 radical (unpaired) electrons. The van der Waals surface area contributed by atoms with Crippen LogP contribution in [0.25, 0.3) is 0 Å². The summed E-state index contributed by atoms with van der Waals surface area (Å²) in [6.07, 6.45) is -3.48. The number of methoxy groups -OCH3 is 1. The van der Waals surface area contributed by atoms with Crippen molar-refractivity contribution < 1.29 is 22.7 Å². The van der Waals surface area contributed by atoms with E-state index in [1.54, 1.807) is 13.0 Å². The van der Waals surface area contributed by atoms with Gasteiger partial charge in [-0.25, -0.2) is 0 Å². The van der Waals surface area contributed by atoms with Crippen molar-refractivity contribution in [3.05, 3.63) is 59.2 Å². The molecular formula is C18H17F3O2S. The molecule has 2 nitrogen and oxygen atoms in total. The smallest absolute Gasteiger partial charge is 0.416 e. The van der Waals surface area contributed by atoms with E-state index in [1.807, 2.05) is 24.3 Å². The van der Waals surface area contributed by atoms with Crippen LogP contribution in [-0.4, -0.2) is 13.1 Å². The number of aryl methyl sites for hydroxylation is 2. The van der Waals surface area contributed by atoms with Crippen LogP contribution in [0, 0.1) is 6.92 Å². The SMILES string of the molecule is COC(=O)CCc1ccc(Sc2cc(C)cc(C(F)(F)F)c2)cc1. The highest BCUT2D eigenvalue weighted by molar-refractivity contribution is 7.99. The summed E-state index contributed by atoms with van der Waals surface area (Å²) in [5, 5.41) is 0. The summed E-state index contributed by atoms with van der Waals surface area (Å²) in [7, 11) is 1.35. The second-order valence-electron chi connectivity index (χ2n) is 5.35. The van der Waals surface area contributed by atoms with E-state index in [0.717, 1.165) is 22.6 Å². The van der Waals surface area contributed by atoms with Gasteiger partial charge in [-0.2, -0.15) is 13.2 Å². The molecule has 0 amide bonds. The fourth-order valence-corrected chi connectivity index (χ4v) is 3.15. The average Bonchev–Trinajstić information content (AvgIpc) is 2.52. The molecule has 0 saturated carbocycles. The molecule has 2 rings (SSSR count). The van der Waals surface area contributed by atoms with Gasteiger partial charge in [-0.15, -0.1) is 0 Å². The molecule has 0 atom stereocenters. The van der Waals surface area contributed by atoms with E-state index in [1.165, 1.54) is 18.9 Å². The number of halogens is 3. The van der Waals surface area contributed by atoms with Gasteiger partial charge in [0, 0.05) is 16.2 Å². The first-order chi connectivity index (χ1) is 11.3. The van der Waals surface area contributed by atoms with Crippen LogP contribution in [0.5, 0.6) is 0 Å². The predicted octanol–water partition coefficient (Wildman–Crippen LogP) is 5.27. The molecule has 0 spiro atoms. The van der Waals surface area contributed by atoms with E-state index in [9.17, 15) is 18.0 Å². The first-order valence-corrected chi connectivity index (χ1v) is 8.12. The first-order valence-electron chi connectivity index (χ1n) is 7.30. The van der Waals surface area contributed by atoms with Crippen LogP contribution in [0.3, 0.4) is 0 Å². The van der Waals surface area contributed by atoms with Crippen LogP contribution in [0.2, 0.25) is 0 Å². The lowest BCUT2D eigenvalue weighted by molar-refractivity contribution is -0.140. The molecule has 0 fully saturated rings. The Balaban J connectivity index is 2.09. The molecule has 0 aliphatic heterocycles. The van der Waals surface area contributed by atoms with E-state index < -0.39 is 11.7 Å². The number of hydrogen-bond donors (Lipinski definition) is 0. The standard InChI is InChI=1S/C18H17F3O2S/c1-12-9-14(18(19,20)21)11-16(10-12)24-15-6-3-13(4-7-15)5-8-17(22)23-2/h3-4,6-7,9-11H,5,8H2,1-2H3. The molecule has 0 aliphatic carbocycles. The normalized spacial score (nSPS) is 11.4. The summed E-state index contributed by atoms with van der Waals surface area (Å²) < 4.78 is 43.2. The van der Waals surface area contributed by atoms with Crippen molar-refractivity contribution >= 4 is 17.7 Å². The molecular weight excluding hydrogens is 337 g/mol. The van der Waals surface area contributed by atoms with Gasteiger partial charge in [0.2, 0.25) is 0 Å². The number of rotatable bonds is 5. The zero-order valence-corrected chi connectivity index (χ0v) is 14.1. The van der Waals surface area contributed by atoms with Crippen molar-refractivity contribution in [3.63, 3.8) is 0 Å². The number of esters is 1. The molecule has 0 aliphatic rings. The van der Waals surface area contributed by atoms with Gasteiger partial charge in [0.1, 0.15) is 0 Å². The summed E-state index contributed by atoms with van der Waals surface area (Å²) in [4.78, 5) is 12.5. The Morgan fingerprint density at radius 1 is 1.08 bits per heavy atom. The number of carbonyl (C=O) groups is 1. The monoisotopic (exact) mass is 354 g/mol. The van der Waals surface area contributed by atoms with Crippen molar-refractivity contribution in [1.82, 2.24) is 0 Å². The van der Waals surface area contributed by atoms with E-state index >= 15 is 0 Å². The molecule has 24 heavy (non-hydrogen) atoms. The van der Waals surface area contributed by atoms with Crippen LogP contribution < -0.4 is 0 Å². The Kier molecular flexibility index (Phi) is 5.94. The minimum atomic E-state index is -4.35. The van der Waals surface area contributed by atoms with Gasteiger partial charge >= 0.3 is 12.1 Å². The van der Waals surface area contributed by atoms with Gasteiger partial charge in [0.25, 0.3) is 0 Å². The fourth-order valence-electron chi connectivity index (χ4n) is 2.18. The zero-order valence-electron chi connectivity index (χ0n) is 13.3. The summed E-state index contributed by atoms with van der Waals surface area (Å²) in [5.74, 6) is -0.270. The van der Waals surface area contributed by atoms with Gasteiger partial charge in [0.15, 0.2) is 0 Å². The van der Waals surface area contributed by atoms with Gasteiger partial charge in [-0.1, -0.05) is 23.9 Å². The fraction of sp³-hybridized carbons (Fsp3) is 0.278. The highest BCUT2D eigenvalue weighted by Crippen LogP contribution is 2.35. The molecule has 0 unspecified atom stereocenters. The average molecular weight is 354 g/mol. The maximum absolute atomic E-state index is 12.9. The van der Waals surface area contributed by atoms with Crippen molar-refractivity contribution in [2.45, 2.75) is 35.7 Å². The van der Waals surface area contributed by atoms with E-state index in [0.29, 0.717) is 23.3 Å². The molecule has 2 aromatic rings. The molecule has 128 valence electrons. The zero-order chi connectivity index (χ0) is 17.7. The third kappa shape index (κ3) is 5.30. The molecule has 6 heteroatoms. The molecule has 0 N–H and O–H groups in total. The van der Waals surface area contributed by atoms with Crippen molar-refractivity contribution in [1.29, 1.82) is 0 Å². The Hall–Kier alpha value is -1.95. The van der Waals surface area contributed by atoms with Crippen molar-refractivity contribution in [2.75, 3.05) is 7.11 Å². The Labute approximate surface area is 143 Å². The predicted molar refractivity (Wildman–Crippen MR) is 87.1 cm³/mol. The summed E-state index contributed by atoms with van der Waals surface area (Å²) in [6.45, 7) is 1.65. The second kappa shape index (κ2) is 7.75. The minimum Gasteiger partial charge on any atom is -0.469 e. The minimum absolute atomic E-state index is 0.270. The summed E-state index contributed by atoms with van der Waals surface area (Å²) in [6, 6.07) is 11.4. The number of hydrogen-bond acceptors (Lipinski definition) is 3. The van der Waals surface area contributed by atoms with E-state index in [-0.39, 0.29) is 5.97 Å². The lowest BCUT2D eigenvalue weighted by Gasteiger charge is -2.10. The van der Waals surface area contributed by atoms with E-state index in [4.69, 9.17) is 0 Å². The molecule has 0 saturated heterocycles. The van der Waals surface area contributed by atoms with Crippen LogP contribution in [0.1, 0.15) is 23.1 Å². The van der Waals surface area contributed by atoms with Crippen LogP contribution in [0.15, 0.2) is 52.3 Å². The topological polar surface area (TPSA) is 26.3 Å². The molecule has 2 aromatic carbocycles. The quantitative estimate of drug-likeness (QED) is 0.684. The van der Waals surface area contributed by atoms with Crippen molar-refractivity contribution in [3.8, 4) is 0 Å². The highest BCUT2D eigenvalue weighted by Gasteiger charge is 2.30. The third-order valence-corrected chi connectivity index (χ3v) is 4.36. The third-order valence-electron chi connectivity index (χ3n) is 3.38. The Morgan fingerprint density at radius 3 is 2.33 bits per heavy atom. The largest absolute Gasteiger partial charge is 0.469 e. The van der Waals surface area contributed by atoms with Crippen LogP contribution >= 0.6 is 11.8 Å². The first kappa shape index (κ1) is 18.4. The van der Waals surface area contributed by atoms with Crippen molar-refractivity contribution in [2.24, 2.45) is 0 Å². The Bertz CT molecular complexity index is 709. The number of carbonyl (C=O) groups excluding carboxylic acids is 1. The number of ether oxygens (including phenoxy) is 1. The second-order valence-corrected chi connectivity index (χ2v) is 6.50. The van der Waals surface area contributed by atoms with E-state index in [2.05, 4.69) is 4.74 Å². The molecule has 0 aromatic heterocycles. The lowest BCUT2D eigenvalue weighted by atomic mass is 10.1. The highest BCUT2D eigenvalue weighted by atomic mass is 32.2. The molecule has 0 bridgehead atoms. The van der Waals surface area contributed by atoms with Gasteiger partial charge < -0.3 is 4.74 Å². The summed E-state index contributed by atoms with van der Waals surface area (Å²) in [5.41, 5.74) is 0.909. The van der Waals surface area contributed by atoms with Crippen LogP contribution in [-0.2, 0) is 22.1 Å². The van der Waals surface area contributed by atoms with Gasteiger partial charge in [0.05, 0.1) is 12.7 Å². The maximum atomic E-state index is 12.9. The summed E-state index contributed by atoms with van der Waals surface area (Å²) >= 11 is 1.28. The Morgan fingerprint density at radius 2 is 1.75 bits per heavy atom. The lowest BCUT2D eigenvalue weighted by Crippen LogP contribution is -2.05. The number of benzene rings is 2. The van der Waals surface area contributed by atoms with Gasteiger partial charge in [-0.05, 0) is 54.8 Å². The maximum Gasteiger partial charge on any atom is 0.416 e. The van der Waals surface area contributed by atoms with Gasteiger partial charge in [-0.3, -0.25) is 4.79 Å². The molecule has 0 heterocycles.